The molecule has 0 saturated heterocycles. The number of benzene rings is 4. The molecule has 3 heteroatoms. The summed E-state index contributed by atoms with van der Waals surface area (Å²) >= 11 is 0. The summed E-state index contributed by atoms with van der Waals surface area (Å²) in [5.41, 5.74) is 10.8. The average molecular weight is 657 g/mol. The second-order valence-corrected chi connectivity index (χ2v) is 10.3. The molecule has 0 saturated carbocycles. The van der Waals surface area contributed by atoms with E-state index in [-0.39, 0.29) is 51.0 Å². The second kappa shape index (κ2) is 17.7. The fourth-order valence-electron chi connectivity index (χ4n) is 5.68. The standard InChI is InChI=1S/2C19H19.2ClH.Zr/c2*1-2-3-9-16-14-19(15-10-5-4-6-11-15)18-13-8-7-12-17(16)18;;;/h2*4-8,10-13,16H,2-3,9H2,1H3;2*1H;/q2*-1;;;+4/p-2. The van der Waals surface area contributed by atoms with E-state index >= 15 is 0 Å². The monoisotopic (exact) mass is 654 g/mol. The van der Waals surface area contributed by atoms with Gasteiger partial charge in [-0.3, -0.25) is 0 Å². The van der Waals surface area contributed by atoms with Gasteiger partial charge in [-0.1, -0.05) is 137 Å². The maximum atomic E-state index is 3.72. The summed E-state index contributed by atoms with van der Waals surface area (Å²) in [5, 5.41) is 0. The van der Waals surface area contributed by atoms with Gasteiger partial charge in [0.05, 0.1) is 0 Å². The zero-order chi connectivity index (χ0) is 26.2. The Bertz CT molecular complexity index is 1280. The minimum atomic E-state index is 0. The summed E-state index contributed by atoms with van der Waals surface area (Å²) in [7, 11) is 0. The molecule has 0 radical (unpaired) electrons. The topological polar surface area (TPSA) is 0 Å². The van der Waals surface area contributed by atoms with Gasteiger partial charge in [0, 0.05) is 0 Å². The molecule has 6 rings (SSSR count). The Hall–Kier alpha value is -2.18. The van der Waals surface area contributed by atoms with E-state index in [0.29, 0.717) is 11.8 Å². The molecule has 2 aliphatic rings. The minimum Gasteiger partial charge on any atom is -1.00 e. The zero-order valence-corrected chi connectivity index (χ0v) is 28.0. The summed E-state index contributed by atoms with van der Waals surface area (Å²) < 4.78 is 0. The molecule has 41 heavy (non-hydrogen) atoms. The predicted octanol–water partition coefficient (Wildman–Crippen LogP) is 4.42. The largest absolute Gasteiger partial charge is 4.00 e. The number of unbranched alkanes of at least 4 members (excludes halogenated alkanes) is 2. The summed E-state index contributed by atoms with van der Waals surface area (Å²) in [6.45, 7) is 4.51. The van der Waals surface area contributed by atoms with E-state index < -0.39 is 0 Å². The van der Waals surface area contributed by atoms with Gasteiger partial charge in [-0.05, 0) is 0 Å². The normalized spacial score (nSPS) is 15.9. The van der Waals surface area contributed by atoms with Crippen molar-refractivity contribution in [3.8, 4) is 0 Å². The minimum absolute atomic E-state index is 0. The van der Waals surface area contributed by atoms with Crippen molar-refractivity contribution in [1.82, 2.24) is 0 Å². The van der Waals surface area contributed by atoms with Crippen molar-refractivity contribution < 1.29 is 51.0 Å². The van der Waals surface area contributed by atoms with Crippen LogP contribution >= 0.6 is 0 Å². The first-order chi connectivity index (χ1) is 18.8. The second-order valence-electron chi connectivity index (χ2n) is 10.3. The number of allylic oxidation sites excluding steroid dienone is 2. The Labute approximate surface area is 279 Å². The van der Waals surface area contributed by atoms with E-state index in [2.05, 4.69) is 135 Å². The SMILES string of the molecule is CCCCC1[C-]=C(c2ccccc2)c2ccccc21.CCCCC1[C-]=C(c2ccccc2)c2ccccc21.[Cl-].[Cl-].[Zr+4]. The third kappa shape index (κ3) is 8.44. The van der Waals surface area contributed by atoms with Crippen molar-refractivity contribution >= 4 is 11.1 Å². The van der Waals surface area contributed by atoms with Gasteiger partial charge >= 0.3 is 26.2 Å². The quantitative estimate of drug-likeness (QED) is 0.247. The summed E-state index contributed by atoms with van der Waals surface area (Å²) in [4.78, 5) is 0. The molecular formula is C38H38Cl2Zr. The van der Waals surface area contributed by atoms with Crippen LogP contribution in [0.1, 0.15) is 97.6 Å². The number of rotatable bonds is 8. The molecule has 2 aliphatic carbocycles. The van der Waals surface area contributed by atoms with E-state index in [1.54, 1.807) is 0 Å². The van der Waals surface area contributed by atoms with Gasteiger partial charge in [0.15, 0.2) is 0 Å². The smallest absolute Gasteiger partial charge is 1.00 e. The number of hydrogen-bond donors (Lipinski definition) is 0. The Kier molecular flexibility index (Phi) is 15.1. The van der Waals surface area contributed by atoms with Crippen LogP contribution in [0.5, 0.6) is 0 Å². The van der Waals surface area contributed by atoms with E-state index in [4.69, 9.17) is 0 Å². The molecule has 0 heterocycles. The molecule has 0 fully saturated rings. The van der Waals surface area contributed by atoms with E-state index in [9.17, 15) is 0 Å². The fraction of sp³-hybridized carbons (Fsp3) is 0.263. The van der Waals surface area contributed by atoms with Gasteiger partial charge in [0.1, 0.15) is 0 Å². The Balaban J connectivity index is 0.000000267. The van der Waals surface area contributed by atoms with Crippen LogP contribution < -0.4 is 24.8 Å². The van der Waals surface area contributed by atoms with Crippen LogP contribution in [0.3, 0.4) is 0 Å². The zero-order valence-electron chi connectivity index (χ0n) is 24.0. The summed E-state index contributed by atoms with van der Waals surface area (Å²) in [6.07, 6.45) is 14.9. The molecule has 0 N–H and O–H groups in total. The van der Waals surface area contributed by atoms with E-state index in [1.807, 2.05) is 0 Å². The Morgan fingerprint density at radius 1 is 0.488 bits per heavy atom. The van der Waals surface area contributed by atoms with Gasteiger partial charge < -0.3 is 24.8 Å². The van der Waals surface area contributed by atoms with Crippen molar-refractivity contribution in [3.63, 3.8) is 0 Å². The molecule has 0 spiro atoms. The van der Waals surface area contributed by atoms with Crippen LogP contribution in [0.2, 0.25) is 0 Å². The fourth-order valence-corrected chi connectivity index (χ4v) is 5.68. The van der Waals surface area contributed by atoms with Crippen molar-refractivity contribution in [2.75, 3.05) is 0 Å². The van der Waals surface area contributed by atoms with Crippen LogP contribution in [0.25, 0.3) is 11.1 Å². The molecular weight excluding hydrogens is 619 g/mol. The first-order valence-corrected chi connectivity index (χ1v) is 14.4. The Morgan fingerprint density at radius 2 is 0.829 bits per heavy atom. The summed E-state index contributed by atoms with van der Waals surface area (Å²) in [5.74, 6) is 0.956. The molecule has 208 valence electrons. The molecule has 0 amide bonds. The van der Waals surface area contributed by atoms with Gasteiger partial charge in [-0.25, -0.2) is 0 Å². The van der Waals surface area contributed by atoms with Crippen LogP contribution in [0.15, 0.2) is 109 Å². The molecule has 0 aromatic heterocycles. The van der Waals surface area contributed by atoms with Gasteiger partial charge in [0.25, 0.3) is 0 Å². The average Bonchev–Trinajstić information content (AvgIpc) is 3.55. The molecule has 0 aliphatic heterocycles. The molecule has 0 bridgehead atoms. The first kappa shape index (κ1) is 35.0. The van der Waals surface area contributed by atoms with Crippen LogP contribution in [-0.4, -0.2) is 0 Å². The third-order valence-corrected chi connectivity index (χ3v) is 7.67. The number of halogens is 2. The van der Waals surface area contributed by atoms with Crippen molar-refractivity contribution in [1.29, 1.82) is 0 Å². The van der Waals surface area contributed by atoms with Gasteiger partial charge in [0.2, 0.25) is 0 Å². The van der Waals surface area contributed by atoms with Crippen LogP contribution in [0, 0.1) is 12.2 Å². The Morgan fingerprint density at radius 3 is 1.20 bits per heavy atom. The van der Waals surface area contributed by atoms with Crippen molar-refractivity contribution in [3.05, 3.63) is 155 Å². The molecule has 2 atom stereocenters. The van der Waals surface area contributed by atoms with Gasteiger partial charge in [-0.2, -0.15) is 23.3 Å². The van der Waals surface area contributed by atoms with Crippen molar-refractivity contribution in [2.24, 2.45) is 0 Å². The number of hydrogen-bond acceptors (Lipinski definition) is 0. The maximum absolute atomic E-state index is 3.72. The molecule has 4 aromatic carbocycles. The van der Waals surface area contributed by atoms with Gasteiger partial charge in [-0.15, -0.1) is 69.8 Å². The predicted molar refractivity (Wildman–Crippen MR) is 162 cm³/mol. The third-order valence-electron chi connectivity index (χ3n) is 7.67. The number of fused-ring (bicyclic) bond motifs is 2. The van der Waals surface area contributed by atoms with E-state index in [1.165, 1.54) is 83.1 Å². The maximum Gasteiger partial charge on any atom is 4.00 e. The molecule has 0 nitrogen and oxygen atoms in total. The summed E-state index contributed by atoms with van der Waals surface area (Å²) in [6, 6.07) is 38.8. The van der Waals surface area contributed by atoms with Crippen molar-refractivity contribution in [2.45, 2.75) is 64.2 Å². The van der Waals surface area contributed by atoms with E-state index in [0.717, 1.165) is 0 Å². The van der Waals surface area contributed by atoms with Crippen LogP contribution in [-0.2, 0) is 26.2 Å². The first-order valence-electron chi connectivity index (χ1n) is 14.4. The van der Waals surface area contributed by atoms with Crippen LogP contribution in [0.4, 0.5) is 0 Å². The molecule has 4 aromatic rings. The molecule has 2 unspecified atom stereocenters.